The predicted molar refractivity (Wildman–Crippen MR) is 82.8 cm³/mol. The molecule has 0 fully saturated rings. The number of sulfonamides is 1. The zero-order valence-electron chi connectivity index (χ0n) is 12.2. The van der Waals surface area contributed by atoms with E-state index in [0.29, 0.717) is 11.1 Å². The first-order valence-corrected chi connectivity index (χ1v) is 7.91. The van der Waals surface area contributed by atoms with E-state index in [0.717, 1.165) is 11.1 Å². The first-order chi connectivity index (χ1) is 9.90. The van der Waals surface area contributed by atoms with E-state index in [1.54, 1.807) is 38.4 Å². The highest BCUT2D eigenvalue weighted by Crippen LogP contribution is 2.21. The molecule has 21 heavy (non-hydrogen) atoms. The Bertz CT molecular complexity index is 746. The molecular formula is C15H17N3O2S. The van der Waals surface area contributed by atoms with Crippen LogP contribution >= 0.6 is 0 Å². The van der Waals surface area contributed by atoms with Gasteiger partial charge < -0.3 is 0 Å². The number of hydrogen-bond donors (Lipinski definition) is 1. The van der Waals surface area contributed by atoms with Crippen molar-refractivity contribution in [2.24, 2.45) is 5.10 Å². The lowest BCUT2D eigenvalue weighted by atomic mass is 10.1. The van der Waals surface area contributed by atoms with Gasteiger partial charge in [-0.2, -0.15) is 13.5 Å². The highest BCUT2D eigenvalue weighted by atomic mass is 32.2. The molecule has 1 heterocycles. The number of hydrazone groups is 1. The number of benzene rings is 1. The summed E-state index contributed by atoms with van der Waals surface area (Å²) in [7, 11) is -3.67. The summed E-state index contributed by atoms with van der Waals surface area (Å²) in [5, 5.41) is 3.80. The number of nitrogens with zero attached hydrogens (tertiary/aromatic N) is 2. The topological polar surface area (TPSA) is 71.4 Å². The monoisotopic (exact) mass is 303 g/mol. The lowest BCUT2D eigenvalue weighted by molar-refractivity contribution is 0.583. The molecule has 2 rings (SSSR count). The quantitative estimate of drug-likeness (QED) is 0.696. The minimum Gasteiger partial charge on any atom is -0.265 e. The Morgan fingerprint density at radius 3 is 2.24 bits per heavy atom. The van der Waals surface area contributed by atoms with Gasteiger partial charge in [-0.3, -0.25) is 4.98 Å². The van der Waals surface area contributed by atoms with Crippen molar-refractivity contribution < 1.29 is 8.42 Å². The SMILES string of the molecule is Cc1cc(C)c(S(=O)(=O)N/N=C/c2ccncc2)c(C)c1. The van der Waals surface area contributed by atoms with Crippen LogP contribution in [-0.2, 0) is 10.0 Å². The van der Waals surface area contributed by atoms with Gasteiger partial charge in [0, 0.05) is 12.4 Å². The second-order valence-corrected chi connectivity index (χ2v) is 6.46. The molecule has 5 nitrogen and oxygen atoms in total. The first kappa shape index (κ1) is 15.2. The fourth-order valence-electron chi connectivity index (χ4n) is 2.26. The standard InChI is InChI=1S/C15H17N3O2S/c1-11-8-12(2)15(13(3)9-11)21(19,20)18-17-10-14-4-6-16-7-5-14/h4-10,18H,1-3H3/b17-10+. The summed E-state index contributed by atoms with van der Waals surface area (Å²) in [6.45, 7) is 5.49. The Hall–Kier alpha value is -2.21. The lowest BCUT2D eigenvalue weighted by Crippen LogP contribution is -2.20. The van der Waals surface area contributed by atoms with E-state index in [-0.39, 0.29) is 4.90 Å². The number of pyridine rings is 1. The third-order valence-corrected chi connectivity index (χ3v) is 4.49. The van der Waals surface area contributed by atoms with Gasteiger partial charge in [0.05, 0.1) is 11.1 Å². The zero-order chi connectivity index (χ0) is 15.5. The van der Waals surface area contributed by atoms with Crippen molar-refractivity contribution in [3.63, 3.8) is 0 Å². The molecule has 0 aliphatic heterocycles. The van der Waals surface area contributed by atoms with Crippen molar-refractivity contribution in [2.75, 3.05) is 0 Å². The van der Waals surface area contributed by atoms with Crippen LogP contribution in [0.3, 0.4) is 0 Å². The van der Waals surface area contributed by atoms with Crippen molar-refractivity contribution in [3.8, 4) is 0 Å². The first-order valence-electron chi connectivity index (χ1n) is 6.43. The highest BCUT2D eigenvalue weighted by Gasteiger charge is 2.18. The molecule has 0 atom stereocenters. The molecule has 0 spiro atoms. The van der Waals surface area contributed by atoms with E-state index in [4.69, 9.17) is 0 Å². The van der Waals surface area contributed by atoms with Gasteiger partial charge in [-0.05, 0) is 49.6 Å². The Morgan fingerprint density at radius 2 is 1.67 bits per heavy atom. The number of aryl methyl sites for hydroxylation is 3. The number of nitrogens with one attached hydrogen (secondary N) is 1. The van der Waals surface area contributed by atoms with Crippen LogP contribution in [0.2, 0.25) is 0 Å². The molecular weight excluding hydrogens is 286 g/mol. The van der Waals surface area contributed by atoms with Crippen LogP contribution in [0.5, 0.6) is 0 Å². The van der Waals surface area contributed by atoms with Crippen molar-refractivity contribution in [2.45, 2.75) is 25.7 Å². The lowest BCUT2D eigenvalue weighted by Gasteiger charge is -2.11. The third kappa shape index (κ3) is 3.66. The van der Waals surface area contributed by atoms with E-state index in [1.165, 1.54) is 6.21 Å². The molecule has 6 heteroatoms. The Balaban J connectivity index is 2.26. The molecule has 0 amide bonds. The fraction of sp³-hybridized carbons (Fsp3) is 0.200. The van der Waals surface area contributed by atoms with Crippen molar-refractivity contribution in [3.05, 3.63) is 58.9 Å². The maximum absolute atomic E-state index is 12.3. The van der Waals surface area contributed by atoms with Crippen LogP contribution in [0.25, 0.3) is 0 Å². The van der Waals surface area contributed by atoms with Crippen LogP contribution in [0.15, 0.2) is 46.7 Å². The second-order valence-electron chi connectivity index (χ2n) is 4.86. The molecule has 0 bridgehead atoms. The average Bonchev–Trinajstić information content (AvgIpc) is 2.38. The molecule has 0 aliphatic rings. The van der Waals surface area contributed by atoms with Gasteiger partial charge in [0.15, 0.2) is 0 Å². The summed E-state index contributed by atoms with van der Waals surface area (Å²) in [4.78, 5) is 6.40. The van der Waals surface area contributed by atoms with E-state index in [9.17, 15) is 8.42 Å². The summed E-state index contributed by atoms with van der Waals surface area (Å²) in [6, 6.07) is 7.16. The number of rotatable bonds is 4. The van der Waals surface area contributed by atoms with E-state index in [2.05, 4.69) is 14.9 Å². The van der Waals surface area contributed by atoms with Gasteiger partial charge in [-0.1, -0.05) is 17.7 Å². The van der Waals surface area contributed by atoms with Crippen LogP contribution in [0.1, 0.15) is 22.3 Å². The van der Waals surface area contributed by atoms with Gasteiger partial charge >= 0.3 is 0 Å². The van der Waals surface area contributed by atoms with Crippen LogP contribution in [0, 0.1) is 20.8 Å². The zero-order valence-corrected chi connectivity index (χ0v) is 13.0. The molecule has 2 aromatic rings. The Kier molecular flexibility index (Phi) is 4.37. The van der Waals surface area contributed by atoms with Gasteiger partial charge in [0.25, 0.3) is 10.0 Å². The molecule has 0 saturated heterocycles. The van der Waals surface area contributed by atoms with Gasteiger partial charge in [-0.15, -0.1) is 0 Å². The highest BCUT2D eigenvalue weighted by molar-refractivity contribution is 7.89. The molecule has 0 unspecified atom stereocenters. The van der Waals surface area contributed by atoms with Crippen LogP contribution in [-0.4, -0.2) is 19.6 Å². The normalized spacial score (nSPS) is 11.8. The van der Waals surface area contributed by atoms with Crippen LogP contribution in [0.4, 0.5) is 0 Å². The second kappa shape index (κ2) is 6.05. The average molecular weight is 303 g/mol. The smallest absolute Gasteiger partial charge is 0.265 e. The Morgan fingerprint density at radius 1 is 1.10 bits per heavy atom. The number of hydrogen-bond acceptors (Lipinski definition) is 4. The van der Waals surface area contributed by atoms with E-state index < -0.39 is 10.0 Å². The molecule has 110 valence electrons. The fourth-order valence-corrected chi connectivity index (χ4v) is 3.50. The third-order valence-electron chi connectivity index (χ3n) is 2.97. The van der Waals surface area contributed by atoms with Crippen molar-refractivity contribution in [1.29, 1.82) is 0 Å². The van der Waals surface area contributed by atoms with Crippen LogP contribution < -0.4 is 4.83 Å². The van der Waals surface area contributed by atoms with Crippen molar-refractivity contribution in [1.82, 2.24) is 9.82 Å². The van der Waals surface area contributed by atoms with Gasteiger partial charge in [0.2, 0.25) is 0 Å². The van der Waals surface area contributed by atoms with Gasteiger partial charge in [0.1, 0.15) is 0 Å². The minimum absolute atomic E-state index is 0.278. The maximum atomic E-state index is 12.3. The molecule has 1 aromatic carbocycles. The molecule has 0 saturated carbocycles. The maximum Gasteiger partial charge on any atom is 0.277 e. The minimum atomic E-state index is -3.67. The molecule has 0 radical (unpaired) electrons. The number of aromatic nitrogens is 1. The predicted octanol–water partition coefficient (Wildman–Crippen LogP) is 2.32. The van der Waals surface area contributed by atoms with E-state index >= 15 is 0 Å². The summed E-state index contributed by atoms with van der Waals surface area (Å²) >= 11 is 0. The molecule has 1 N–H and O–H groups in total. The van der Waals surface area contributed by atoms with E-state index in [1.807, 2.05) is 19.1 Å². The molecule has 0 aliphatic carbocycles. The van der Waals surface area contributed by atoms with Gasteiger partial charge in [-0.25, -0.2) is 4.83 Å². The van der Waals surface area contributed by atoms with Crippen molar-refractivity contribution >= 4 is 16.2 Å². The summed E-state index contributed by atoms with van der Waals surface area (Å²) in [6.07, 6.45) is 4.67. The molecule has 1 aromatic heterocycles. The largest absolute Gasteiger partial charge is 0.277 e. The summed E-state index contributed by atoms with van der Waals surface area (Å²) < 4.78 is 24.7. The Labute approximate surface area is 124 Å². The summed E-state index contributed by atoms with van der Waals surface area (Å²) in [5.41, 5.74) is 3.22. The summed E-state index contributed by atoms with van der Waals surface area (Å²) in [5.74, 6) is 0.